The minimum atomic E-state index is -0.618. The van der Waals surface area contributed by atoms with Crippen molar-refractivity contribution in [1.82, 2.24) is 5.43 Å². The lowest BCUT2D eigenvalue weighted by Crippen LogP contribution is -2.38. The molecular formula is C21H21N3O. The van der Waals surface area contributed by atoms with Crippen molar-refractivity contribution in [2.45, 2.75) is 18.9 Å². The van der Waals surface area contributed by atoms with Gasteiger partial charge in [-0.1, -0.05) is 66.7 Å². The van der Waals surface area contributed by atoms with E-state index in [4.69, 9.17) is 5.73 Å². The molecule has 0 saturated heterocycles. The van der Waals surface area contributed by atoms with E-state index in [9.17, 15) is 4.79 Å². The number of carbonyl (C=O) groups excluding carboxylic acids is 1. The van der Waals surface area contributed by atoms with Crippen LogP contribution in [0.15, 0.2) is 71.9 Å². The van der Waals surface area contributed by atoms with E-state index in [2.05, 4.69) is 28.7 Å². The third kappa shape index (κ3) is 4.52. The molecule has 1 aliphatic rings. The first-order valence-corrected chi connectivity index (χ1v) is 8.31. The molecule has 0 bridgehead atoms. The quantitative estimate of drug-likeness (QED) is 0.631. The Morgan fingerprint density at radius 3 is 2.76 bits per heavy atom. The van der Waals surface area contributed by atoms with Crippen LogP contribution in [-0.4, -0.2) is 18.2 Å². The second kappa shape index (κ2) is 8.22. The Labute approximate surface area is 147 Å². The molecule has 1 amide bonds. The molecule has 4 heteroatoms. The maximum Gasteiger partial charge on any atom is 0.257 e. The third-order valence-electron chi connectivity index (χ3n) is 4.13. The van der Waals surface area contributed by atoms with Crippen molar-refractivity contribution in [3.8, 4) is 0 Å². The van der Waals surface area contributed by atoms with Crippen LogP contribution in [0.25, 0.3) is 11.6 Å². The van der Waals surface area contributed by atoms with Crippen molar-refractivity contribution >= 4 is 23.8 Å². The first-order chi connectivity index (χ1) is 12.2. The minimum Gasteiger partial charge on any atom is -0.320 e. The first kappa shape index (κ1) is 16.9. The average Bonchev–Trinajstić information content (AvgIpc) is 3.05. The van der Waals surface area contributed by atoms with Crippen molar-refractivity contribution in [3.63, 3.8) is 0 Å². The Bertz CT molecular complexity index is 822. The molecule has 1 aliphatic carbocycles. The summed E-state index contributed by atoms with van der Waals surface area (Å²) in [6.07, 6.45) is 8.79. The maximum absolute atomic E-state index is 12.1. The van der Waals surface area contributed by atoms with Crippen molar-refractivity contribution in [1.29, 1.82) is 0 Å². The molecule has 1 atom stereocenters. The summed E-state index contributed by atoms with van der Waals surface area (Å²) in [6.45, 7) is 0. The highest BCUT2D eigenvalue weighted by Crippen LogP contribution is 2.29. The molecular weight excluding hydrogens is 310 g/mol. The van der Waals surface area contributed by atoms with Crippen LogP contribution in [0.1, 0.15) is 23.1 Å². The van der Waals surface area contributed by atoms with E-state index >= 15 is 0 Å². The number of hydrogen-bond acceptors (Lipinski definition) is 3. The number of allylic oxidation sites excluding steroid dienone is 2. The van der Waals surface area contributed by atoms with Crippen molar-refractivity contribution < 1.29 is 4.79 Å². The summed E-state index contributed by atoms with van der Waals surface area (Å²) in [4.78, 5) is 12.1. The van der Waals surface area contributed by atoms with Gasteiger partial charge in [-0.05, 0) is 41.2 Å². The number of nitrogens with one attached hydrogen (secondary N) is 1. The molecule has 0 fully saturated rings. The third-order valence-corrected chi connectivity index (χ3v) is 4.13. The number of fused-ring (bicyclic) bond motifs is 1. The molecule has 0 radical (unpaired) electrons. The molecule has 0 heterocycles. The number of carbonyl (C=O) groups is 1. The lowest BCUT2D eigenvalue weighted by atomic mass is 10.00. The molecule has 0 aromatic heterocycles. The molecule has 3 rings (SSSR count). The molecule has 2 aromatic rings. The molecule has 0 saturated carbocycles. The van der Waals surface area contributed by atoms with Crippen LogP contribution in [-0.2, 0) is 11.2 Å². The average molecular weight is 331 g/mol. The zero-order valence-corrected chi connectivity index (χ0v) is 13.9. The van der Waals surface area contributed by atoms with E-state index in [1.165, 1.54) is 11.1 Å². The summed E-state index contributed by atoms with van der Waals surface area (Å²) in [5.41, 5.74) is 13.2. The molecule has 2 aromatic carbocycles. The largest absolute Gasteiger partial charge is 0.320 e. The number of rotatable bonds is 6. The van der Waals surface area contributed by atoms with E-state index in [0.29, 0.717) is 6.42 Å². The minimum absolute atomic E-state index is 0.283. The number of nitrogens with zero attached hydrogens (tertiary/aromatic N) is 1. The Morgan fingerprint density at radius 1 is 1.16 bits per heavy atom. The molecule has 0 spiro atoms. The lowest BCUT2D eigenvalue weighted by Gasteiger charge is -2.11. The van der Waals surface area contributed by atoms with Gasteiger partial charge in [-0.2, -0.15) is 5.10 Å². The number of hydrogen-bond donors (Lipinski definition) is 2. The van der Waals surface area contributed by atoms with Gasteiger partial charge in [-0.15, -0.1) is 0 Å². The normalized spacial score (nSPS) is 14.5. The number of hydrazone groups is 1. The zero-order valence-electron chi connectivity index (χ0n) is 13.9. The van der Waals surface area contributed by atoms with Crippen LogP contribution in [0.4, 0.5) is 0 Å². The highest BCUT2D eigenvalue weighted by molar-refractivity contribution is 5.86. The van der Waals surface area contributed by atoms with Gasteiger partial charge in [-0.25, -0.2) is 5.43 Å². The zero-order chi connectivity index (χ0) is 17.5. The Morgan fingerprint density at radius 2 is 1.92 bits per heavy atom. The monoisotopic (exact) mass is 331 g/mol. The Kier molecular flexibility index (Phi) is 5.54. The predicted molar refractivity (Wildman–Crippen MR) is 103 cm³/mol. The fourth-order valence-electron chi connectivity index (χ4n) is 2.82. The molecule has 0 aliphatic heterocycles. The summed E-state index contributed by atoms with van der Waals surface area (Å²) in [6, 6.07) is 17.5. The van der Waals surface area contributed by atoms with Gasteiger partial charge >= 0.3 is 0 Å². The number of amides is 1. The smallest absolute Gasteiger partial charge is 0.257 e. The van der Waals surface area contributed by atoms with Crippen LogP contribution in [0.2, 0.25) is 0 Å². The van der Waals surface area contributed by atoms with Gasteiger partial charge < -0.3 is 5.73 Å². The summed E-state index contributed by atoms with van der Waals surface area (Å²) in [5, 5.41) is 3.92. The van der Waals surface area contributed by atoms with Gasteiger partial charge in [0.15, 0.2) is 0 Å². The van der Waals surface area contributed by atoms with Crippen LogP contribution >= 0.6 is 0 Å². The predicted octanol–water partition coefficient (Wildman–Crippen LogP) is 3.16. The molecule has 4 nitrogen and oxygen atoms in total. The highest BCUT2D eigenvalue weighted by atomic mass is 16.2. The van der Waals surface area contributed by atoms with Crippen LogP contribution in [0.3, 0.4) is 0 Å². The van der Waals surface area contributed by atoms with Gasteiger partial charge in [0.1, 0.15) is 0 Å². The molecule has 126 valence electrons. The fourth-order valence-corrected chi connectivity index (χ4v) is 2.82. The van der Waals surface area contributed by atoms with E-state index in [0.717, 1.165) is 17.6 Å². The van der Waals surface area contributed by atoms with Crippen LogP contribution < -0.4 is 11.2 Å². The van der Waals surface area contributed by atoms with Crippen molar-refractivity contribution in [2.24, 2.45) is 10.8 Å². The number of nitrogens with two attached hydrogens (primary N) is 1. The maximum atomic E-state index is 12.1. The summed E-state index contributed by atoms with van der Waals surface area (Å²) >= 11 is 0. The summed E-state index contributed by atoms with van der Waals surface area (Å²) in [7, 11) is 0. The second-order valence-electron chi connectivity index (χ2n) is 5.93. The standard InChI is InChI=1S/C21H21N3O/c22-20(15-18-13-12-17-10-4-5-11-19(17)18)21(25)24-23-14-6-9-16-7-2-1-3-8-16/h1-11,13-14,20H,12,15,22H2,(H,24,25)/b9-6+,23-14+. The van der Waals surface area contributed by atoms with Crippen molar-refractivity contribution in [2.75, 3.05) is 0 Å². The highest BCUT2D eigenvalue weighted by Gasteiger charge is 2.19. The lowest BCUT2D eigenvalue weighted by molar-refractivity contribution is -0.122. The molecule has 1 unspecified atom stereocenters. The molecule has 3 N–H and O–H groups in total. The van der Waals surface area contributed by atoms with Gasteiger partial charge in [0.2, 0.25) is 0 Å². The van der Waals surface area contributed by atoms with E-state index in [-0.39, 0.29) is 5.91 Å². The summed E-state index contributed by atoms with van der Waals surface area (Å²) in [5.74, 6) is -0.283. The van der Waals surface area contributed by atoms with E-state index in [1.54, 1.807) is 12.3 Å². The van der Waals surface area contributed by atoms with Crippen LogP contribution in [0.5, 0.6) is 0 Å². The van der Waals surface area contributed by atoms with Gasteiger partial charge in [-0.3, -0.25) is 4.79 Å². The Hall–Kier alpha value is -2.98. The molecule has 25 heavy (non-hydrogen) atoms. The topological polar surface area (TPSA) is 67.5 Å². The van der Waals surface area contributed by atoms with Crippen LogP contribution in [0, 0.1) is 0 Å². The summed E-state index contributed by atoms with van der Waals surface area (Å²) < 4.78 is 0. The van der Waals surface area contributed by atoms with Gasteiger partial charge in [0.25, 0.3) is 5.91 Å². The SMILES string of the molecule is NC(CC1=CCc2ccccc21)C(=O)N/N=C/C=C/c1ccccc1. The Balaban J connectivity index is 1.49. The van der Waals surface area contributed by atoms with Gasteiger partial charge in [0.05, 0.1) is 6.04 Å². The second-order valence-corrected chi connectivity index (χ2v) is 5.93. The van der Waals surface area contributed by atoms with E-state index in [1.807, 2.05) is 48.5 Å². The first-order valence-electron chi connectivity index (χ1n) is 8.31. The number of benzene rings is 2. The van der Waals surface area contributed by atoms with E-state index < -0.39 is 6.04 Å². The van der Waals surface area contributed by atoms with Gasteiger partial charge in [0, 0.05) is 6.21 Å². The van der Waals surface area contributed by atoms with Crippen molar-refractivity contribution in [3.05, 3.63) is 83.4 Å². The fraction of sp³-hybridized carbons (Fsp3) is 0.143.